The summed E-state index contributed by atoms with van der Waals surface area (Å²) in [6.45, 7) is 4.72. The van der Waals surface area contributed by atoms with Crippen LogP contribution in [0.3, 0.4) is 0 Å². The average molecular weight is 546 g/mol. The van der Waals surface area contributed by atoms with Crippen molar-refractivity contribution >= 4 is 31.5 Å². The third-order valence-corrected chi connectivity index (χ3v) is 9.61. The summed E-state index contributed by atoms with van der Waals surface area (Å²) >= 11 is 1.84. The summed E-state index contributed by atoms with van der Waals surface area (Å²) in [4.78, 5) is 15.0. The van der Waals surface area contributed by atoms with Crippen LogP contribution >= 0.6 is 11.3 Å². The zero-order chi connectivity index (χ0) is 27.6. The topological polar surface area (TPSA) is 38.7 Å². The van der Waals surface area contributed by atoms with E-state index in [0.717, 1.165) is 23.1 Å². The van der Waals surface area contributed by atoms with Crippen molar-refractivity contribution in [1.29, 1.82) is 0 Å². The molecule has 0 amide bonds. The molecule has 1 aliphatic rings. The minimum Gasteiger partial charge on any atom is -0.208 e. The van der Waals surface area contributed by atoms with E-state index in [9.17, 15) is 0 Å². The summed E-state index contributed by atoms with van der Waals surface area (Å²) in [6.07, 6.45) is 0.973. The Hall–Kier alpha value is -4.67. The molecule has 0 bridgehead atoms. The molecular weight excluding hydrogens is 518 g/mol. The number of thiophene rings is 1. The molecule has 2 heterocycles. The second kappa shape index (κ2) is 9.18. The molecule has 1 aliphatic carbocycles. The lowest BCUT2D eigenvalue weighted by Crippen LogP contribution is -2.26. The van der Waals surface area contributed by atoms with Gasteiger partial charge in [-0.05, 0) is 46.9 Å². The van der Waals surface area contributed by atoms with Crippen molar-refractivity contribution < 1.29 is 0 Å². The van der Waals surface area contributed by atoms with E-state index in [4.69, 9.17) is 15.0 Å². The van der Waals surface area contributed by atoms with Gasteiger partial charge in [-0.1, -0.05) is 111 Å². The molecule has 0 radical (unpaired) electrons. The Balaban J connectivity index is 1.35. The van der Waals surface area contributed by atoms with E-state index in [1.165, 1.54) is 42.4 Å². The molecule has 0 atom stereocenters. The Kier molecular flexibility index (Phi) is 5.41. The Labute approximate surface area is 243 Å². The summed E-state index contributed by atoms with van der Waals surface area (Å²) in [5.74, 6) is 2.07. The maximum atomic E-state index is 5.03. The first kappa shape index (κ1) is 24.2. The number of hydrogen-bond donors (Lipinski definition) is 0. The average Bonchev–Trinajstić information content (AvgIpc) is 3.39. The van der Waals surface area contributed by atoms with Gasteiger partial charge in [-0.2, -0.15) is 0 Å². The maximum Gasteiger partial charge on any atom is 0.165 e. The van der Waals surface area contributed by atoms with E-state index < -0.39 is 0 Å². The number of aromatic nitrogens is 3. The molecule has 0 N–H and O–H groups in total. The molecule has 0 unspecified atom stereocenters. The summed E-state index contributed by atoms with van der Waals surface area (Å²) in [7, 11) is 0. The van der Waals surface area contributed by atoms with Crippen molar-refractivity contribution in [2.45, 2.75) is 25.7 Å². The lowest BCUT2D eigenvalue weighted by Gasteiger charge is -2.35. The number of rotatable bonds is 3. The minimum atomic E-state index is -0.0480. The fraction of sp³-hybridized carbons (Fsp3) is 0.108. The standard InChI is InChI=1S/C37H27N3S/c1-37(2)30-19-10-9-16-25(30)20-26-21-32-29(22-31(26)37)27-17-11-18-28(33(27)41-32)36-39-34(23-12-5-3-6-13-23)38-35(40-36)24-14-7-4-8-15-24/h3-19,21-22H,20H2,1-2H3. The number of hydrogen-bond acceptors (Lipinski definition) is 4. The van der Waals surface area contributed by atoms with E-state index in [1.54, 1.807) is 0 Å². The SMILES string of the molecule is CC1(C)c2ccccc2Cc2cc3sc4c(-c5nc(-c6ccccc6)nc(-c6ccccc6)n5)cccc4c3cc21. The molecule has 4 heteroatoms. The predicted octanol–water partition coefficient (Wildman–Crippen LogP) is 9.47. The molecule has 0 saturated heterocycles. The molecule has 196 valence electrons. The number of benzene rings is 5. The van der Waals surface area contributed by atoms with Gasteiger partial charge < -0.3 is 0 Å². The van der Waals surface area contributed by atoms with Crippen LogP contribution in [-0.2, 0) is 11.8 Å². The molecule has 7 aromatic rings. The van der Waals surface area contributed by atoms with Gasteiger partial charge in [0.25, 0.3) is 0 Å². The molecule has 0 spiro atoms. The maximum absolute atomic E-state index is 5.03. The second-order valence-corrected chi connectivity index (χ2v) is 12.3. The molecule has 8 rings (SSSR count). The highest BCUT2D eigenvalue weighted by molar-refractivity contribution is 7.26. The smallest absolute Gasteiger partial charge is 0.165 e. The Morgan fingerprint density at radius 1 is 0.561 bits per heavy atom. The second-order valence-electron chi connectivity index (χ2n) is 11.3. The van der Waals surface area contributed by atoms with Gasteiger partial charge in [0.15, 0.2) is 17.5 Å². The van der Waals surface area contributed by atoms with Crippen LogP contribution in [0.15, 0.2) is 115 Å². The highest BCUT2D eigenvalue weighted by Gasteiger charge is 2.33. The largest absolute Gasteiger partial charge is 0.208 e. The molecule has 0 fully saturated rings. The first-order valence-electron chi connectivity index (χ1n) is 14.0. The van der Waals surface area contributed by atoms with Crippen LogP contribution in [0.1, 0.15) is 36.1 Å². The van der Waals surface area contributed by atoms with Crippen LogP contribution < -0.4 is 0 Å². The van der Waals surface area contributed by atoms with Gasteiger partial charge in [0.05, 0.1) is 0 Å². The van der Waals surface area contributed by atoms with Crippen molar-refractivity contribution in [3.63, 3.8) is 0 Å². The molecule has 5 aromatic carbocycles. The zero-order valence-electron chi connectivity index (χ0n) is 22.9. The quantitative estimate of drug-likeness (QED) is 0.222. The van der Waals surface area contributed by atoms with Crippen LogP contribution in [0, 0.1) is 0 Å². The monoisotopic (exact) mass is 545 g/mol. The van der Waals surface area contributed by atoms with Crippen molar-refractivity contribution in [1.82, 2.24) is 15.0 Å². The van der Waals surface area contributed by atoms with Crippen molar-refractivity contribution in [2.75, 3.05) is 0 Å². The Bertz CT molecular complexity index is 2040. The highest BCUT2D eigenvalue weighted by Crippen LogP contribution is 2.46. The van der Waals surface area contributed by atoms with Crippen LogP contribution in [-0.4, -0.2) is 15.0 Å². The van der Waals surface area contributed by atoms with Gasteiger partial charge in [-0.15, -0.1) is 11.3 Å². The lowest BCUT2D eigenvalue weighted by molar-refractivity contribution is 0.612. The first-order valence-corrected chi connectivity index (χ1v) is 14.8. The van der Waals surface area contributed by atoms with Gasteiger partial charge in [0.1, 0.15) is 0 Å². The van der Waals surface area contributed by atoms with Gasteiger partial charge in [0, 0.05) is 42.3 Å². The Morgan fingerprint density at radius 3 is 1.90 bits per heavy atom. The minimum absolute atomic E-state index is 0.0480. The molecule has 0 saturated carbocycles. The summed E-state index contributed by atoms with van der Waals surface area (Å²) in [5.41, 5.74) is 8.66. The van der Waals surface area contributed by atoms with Crippen LogP contribution in [0.25, 0.3) is 54.3 Å². The van der Waals surface area contributed by atoms with Gasteiger partial charge in [-0.25, -0.2) is 15.0 Å². The van der Waals surface area contributed by atoms with Crippen molar-refractivity contribution in [2.24, 2.45) is 0 Å². The van der Waals surface area contributed by atoms with Crippen molar-refractivity contribution in [3.8, 4) is 34.2 Å². The zero-order valence-corrected chi connectivity index (χ0v) is 23.7. The van der Waals surface area contributed by atoms with E-state index in [0.29, 0.717) is 17.5 Å². The van der Waals surface area contributed by atoms with E-state index >= 15 is 0 Å². The summed E-state index contributed by atoms with van der Waals surface area (Å²) in [5, 5.41) is 2.56. The number of nitrogens with zero attached hydrogens (tertiary/aromatic N) is 3. The summed E-state index contributed by atoms with van der Waals surface area (Å²) < 4.78 is 2.52. The van der Waals surface area contributed by atoms with E-state index in [1.807, 2.05) is 47.7 Å². The van der Waals surface area contributed by atoms with Gasteiger partial charge in [0.2, 0.25) is 0 Å². The molecular formula is C37H27N3S. The van der Waals surface area contributed by atoms with Crippen LogP contribution in [0.4, 0.5) is 0 Å². The van der Waals surface area contributed by atoms with Crippen LogP contribution in [0.2, 0.25) is 0 Å². The first-order chi connectivity index (χ1) is 20.1. The van der Waals surface area contributed by atoms with E-state index in [2.05, 4.69) is 92.7 Å². The van der Waals surface area contributed by atoms with Gasteiger partial charge >= 0.3 is 0 Å². The summed E-state index contributed by atoms with van der Waals surface area (Å²) in [6, 6.07) is 40.6. The Morgan fingerprint density at radius 2 is 1.20 bits per heavy atom. The fourth-order valence-corrected chi connectivity index (χ4v) is 7.61. The molecule has 3 nitrogen and oxygen atoms in total. The third kappa shape index (κ3) is 3.90. The van der Waals surface area contributed by atoms with E-state index in [-0.39, 0.29) is 5.41 Å². The number of fused-ring (bicyclic) bond motifs is 5. The highest BCUT2D eigenvalue weighted by atomic mass is 32.1. The normalized spacial score (nSPS) is 13.7. The van der Waals surface area contributed by atoms with Gasteiger partial charge in [-0.3, -0.25) is 0 Å². The predicted molar refractivity (Wildman–Crippen MR) is 170 cm³/mol. The van der Waals surface area contributed by atoms with Crippen molar-refractivity contribution in [3.05, 3.63) is 138 Å². The third-order valence-electron chi connectivity index (χ3n) is 8.41. The van der Waals surface area contributed by atoms with Crippen LogP contribution in [0.5, 0.6) is 0 Å². The lowest BCUT2D eigenvalue weighted by atomic mass is 9.69. The fourth-order valence-electron chi connectivity index (χ4n) is 6.35. The molecule has 41 heavy (non-hydrogen) atoms. The molecule has 2 aromatic heterocycles. The molecule has 0 aliphatic heterocycles.